The molecule has 5 nitrogen and oxygen atoms in total. The van der Waals surface area contributed by atoms with Gasteiger partial charge in [-0.2, -0.15) is 0 Å². The average Bonchev–Trinajstić information content (AvgIpc) is 2.22. The fraction of sp³-hybridized carbons (Fsp3) is 0.600. The van der Waals surface area contributed by atoms with Gasteiger partial charge in [0, 0.05) is 42.3 Å². The summed E-state index contributed by atoms with van der Waals surface area (Å²) < 4.78 is 6.38. The molecule has 0 atom stereocenters. The summed E-state index contributed by atoms with van der Waals surface area (Å²) in [5.74, 6) is 0. The van der Waals surface area contributed by atoms with Crippen molar-refractivity contribution in [1.82, 2.24) is 9.88 Å². The zero-order valence-corrected chi connectivity index (χ0v) is 14.2. The maximum atomic E-state index is 11.9. The number of anilines is 1. The standard InChI is InChI=1S/C15H20BrN3O2/c1-14(2,3)21-13(20)19-9-15(10-19)7-18(8-15)12-4-11(16)5-17-6-12/h4-6H,7-10H2,1-3H3. The number of likely N-dealkylation sites (tertiary alicyclic amines) is 1. The van der Waals surface area contributed by atoms with Crippen LogP contribution in [0.3, 0.4) is 0 Å². The second kappa shape index (κ2) is 4.87. The molecular weight excluding hydrogens is 334 g/mol. The van der Waals surface area contributed by atoms with Crippen LogP contribution in [0.15, 0.2) is 22.9 Å². The van der Waals surface area contributed by atoms with Crippen LogP contribution in [0.2, 0.25) is 0 Å². The molecule has 2 saturated heterocycles. The van der Waals surface area contributed by atoms with Crippen molar-refractivity contribution in [3.8, 4) is 0 Å². The molecule has 2 aliphatic rings. The lowest BCUT2D eigenvalue weighted by atomic mass is 9.73. The smallest absolute Gasteiger partial charge is 0.410 e. The lowest BCUT2D eigenvalue weighted by Crippen LogP contribution is -2.73. The number of rotatable bonds is 1. The molecular formula is C15H20BrN3O2. The molecule has 1 spiro atoms. The summed E-state index contributed by atoms with van der Waals surface area (Å²) in [4.78, 5) is 20.2. The van der Waals surface area contributed by atoms with Crippen LogP contribution in [0.1, 0.15) is 20.8 Å². The molecule has 1 aromatic heterocycles. The van der Waals surface area contributed by atoms with Crippen molar-refractivity contribution in [2.45, 2.75) is 26.4 Å². The number of pyridine rings is 1. The van der Waals surface area contributed by atoms with Crippen LogP contribution in [-0.2, 0) is 4.74 Å². The van der Waals surface area contributed by atoms with Gasteiger partial charge in [0.05, 0.1) is 11.9 Å². The van der Waals surface area contributed by atoms with Gasteiger partial charge in [-0.1, -0.05) is 0 Å². The van der Waals surface area contributed by atoms with Gasteiger partial charge in [0.25, 0.3) is 0 Å². The number of hydrogen-bond acceptors (Lipinski definition) is 4. The molecule has 0 aromatic carbocycles. The SMILES string of the molecule is CC(C)(C)OC(=O)N1CC2(C1)CN(c1cncc(Br)c1)C2. The first kappa shape index (κ1) is 14.6. The molecule has 0 bridgehead atoms. The van der Waals surface area contributed by atoms with Gasteiger partial charge < -0.3 is 14.5 Å². The highest BCUT2D eigenvalue weighted by Gasteiger charge is 2.54. The second-order valence-corrected chi connectivity index (χ2v) is 7.97. The Hall–Kier alpha value is -1.30. The van der Waals surface area contributed by atoms with Crippen LogP contribution in [0, 0.1) is 5.41 Å². The molecule has 0 unspecified atom stereocenters. The number of aromatic nitrogens is 1. The Morgan fingerprint density at radius 1 is 1.29 bits per heavy atom. The molecule has 0 aliphatic carbocycles. The van der Waals surface area contributed by atoms with Crippen LogP contribution < -0.4 is 4.90 Å². The minimum Gasteiger partial charge on any atom is -0.444 e. The minimum absolute atomic E-state index is 0.198. The molecule has 0 N–H and O–H groups in total. The Morgan fingerprint density at radius 3 is 2.52 bits per heavy atom. The summed E-state index contributed by atoms with van der Waals surface area (Å²) in [7, 11) is 0. The Labute approximate surface area is 133 Å². The number of nitrogens with zero attached hydrogens (tertiary/aromatic N) is 3. The third-order valence-corrected chi connectivity index (χ3v) is 4.25. The summed E-state index contributed by atoms with van der Waals surface area (Å²) in [5.41, 5.74) is 0.956. The van der Waals surface area contributed by atoms with E-state index in [-0.39, 0.29) is 11.5 Å². The summed E-state index contributed by atoms with van der Waals surface area (Å²) in [6, 6.07) is 2.07. The number of hydrogen-bond donors (Lipinski definition) is 0. The molecule has 21 heavy (non-hydrogen) atoms. The molecule has 3 rings (SSSR count). The van der Waals surface area contributed by atoms with E-state index in [4.69, 9.17) is 4.74 Å². The first-order valence-electron chi connectivity index (χ1n) is 7.10. The van der Waals surface area contributed by atoms with Crippen molar-refractivity contribution in [3.05, 3.63) is 22.9 Å². The number of carbonyl (C=O) groups excluding carboxylic acids is 1. The first-order chi connectivity index (χ1) is 9.76. The van der Waals surface area contributed by atoms with Gasteiger partial charge in [-0.15, -0.1) is 0 Å². The Balaban J connectivity index is 1.51. The Morgan fingerprint density at radius 2 is 1.95 bits per heavy atom. The minimum atomic E-state index is -0.423. The maximum Gasteiger partial charge on any atom is 0.410 e. The Kier molecular flexibility index (Phi) is 3.39. The predicted octanol–water partition coefficient (Wildman–Crippen LogP) is 2.90. The van der Waals surface area contributed by atoms with E-state index in [1.807, 2.05) is 27.0 Å². The summed E-state index contributed by atoms with van der Waals surface area (Å²) in [5, 5.41) is 0. The van der Waals surface area contributed by atoms with E-state index in [0.717, 1.165) is 36.3 Å². The van der Waals surface area contributed by atoms with Crippen LogP contribution in [0.4, 0.5) is 10.5 Å². The Bertz CT molecular complexity index is 556. The first-order valence-corrected chi connectivity index (χ1v) is 7.89. The highest BCUT2D eigenvalue weighted by molar-refractivity contribution is 9.10. The summed E-state index contributed by atoms with van der Waals surface area (Å²) >= 11 is 3.44. The van der Waals surface area contributed by atoms with E-state index >= 15 is 0 Å². The van der Waals surface area contributed by atoms with Crippen LogP contribution in [0.5, 0.6) is 0 Å². The van der Waals surface area contributed by atoms with Gasteiger partial charge in [0.2, 0.25) is 0 Å². The van der Waals surface area contributed by atoms with Gasteiger partial charge in [0.15, 0.2) is 0 Å². The highest BCUT2D eigenvalue weighted by Crippen LogP contribution is 2.42. The highest BCUT2D eigenvalue weighted by atomic mass is 79.9. The van der Waals surface area contributed by atoms with Crippen LogP contribution in [0.25, 0.3) is 0 Å². The molecule has 0 radical (unpaired) electrons. The summed E-state index contributed by atoms with van der Waals surface area (Å²) in [6.45, 7) is 9.22. The lowest BCUT2D eigenvalue weighted by Gasteiger charge is -2.60. The van der Waals surface area contributed by atoms with Gasteiger partial charge in [0.1, 0.15) is 5.60 Å². The molecule has 2 aliphatic heterocycles. The number of amides is 1. The number of halogens is 1. The fourth-order valence-corrected chi connectivity index (χ4v) is 3.29. The lowest BCUT2D eigenvalue weighted by molar-refractivity contribution is -0.0453. The van der Waals surface area contributed by atoms with Gasteiger partial charge in [-0.05, 0) is 42.8 Å². The topological polar surface area (TPSA) is 45.7 Å². The van der Waals surface area contributed by atoms with Gasteiger partial charge >= 0.3 is 6.09 Å². The van der Waals surface area contributed by atoms with Crippen LogP contribution >= 0.6 is 15.9 Å². The predicted molar refractivity (Wildman–Crippen MR) is 84.4 cm³/mol. The van der Waals surface area contributed by atoms with Crippen molar-refractivity contribution in [1.29, 1.82) is 0 Å². The molecule has 1 amide bonds. The monoisotopic (exact) mass is 353 g/mol. The molecule has 3 heterocycles. The van der Waals surface area contributed by atoms with E-state index in [9.17, 15) is 4.79 Å². The summed E-state index contributed by atoms with van der Waals surface area (Å²) in [6.07, 6.45) is 3.46. The van der Waals surface area contributed by atoms with E-state index in [0.29, 0.717) is 0 Å². The molecule has 2 fully saturated rings. The van der Waals surface area contributed by atoms with E-state index in [1.54, 1.807) is 11.1 Å². The third-order valence-electron chi connectivity index (χ3n) is 3.81. The number of ether oxygens (including phenoxy) is 1. The van der Waals surface area contributed by atoms with Crippen molar-refractivity contribution >= 4 is 27.7 Å². The average molecular weight is 354 g/mol. The number of carbonyl (C=O) groups is 1. The van der Waals surface area contributed by atoms with Crippen molar-refractivity contribution in [3.63, 3.8) is 0 Å². The van der Waals surface area contributed by atoms with E-state index in [1.165, 1.54) is 0 Å². The van der Waals surface area contributed by atoms with Crippen molar-refractivity contribution in [2.75, 3.05) is 31.1 Å². The molecule has 1 aromatic rings. The van der Waals surface area contributed by atoms with Crippen molar-refractivity contribution in [2.24, 2.45) is 5.41 Å². The van der Waals surface area contributed by atoms with E-state index in [2.05, 4.69) is 31.9 Å². The van der Waals surface area contributed by atoms with Gasteiger partial charge in [-0.25, -0.2) is 4.79 Å². The van der Waals surface area contributed by atoms with E-state index < -0.39 is 5.60 Å². The van der Waals surface area contributed by atoms with Crippen LogP contribution in [-0.4, -0.2) is 47.8 Å². The zero-order valence-electron chi connectivity index (χ0n) is 12.6. The van der Waals surface area contributed by atoms with Gasteiger partial charge in [-0.3, -0.25) is 4.98 Å². The van der Waals surface area contributed by atoms with Crippen molar-refractivity contribution < 1.29 is 9.53 Å². The molecule has 0 saturated carbocycles. The molecule has 6 heteroatoms. The largest absolute Gasteiger partial charge is 0.444 e. The second-order valence-electron chi connectivity index (χ2n) is 7.05. The zero-order chi connectivity index (χ0) is 15.3. The quantitative estimate of drug-likeness (QED) is 0.778. The fourth-order valence-electron chi connectivity index (χ4n) is 2.94. The molecule has 114 valence electrons. The maximum absolute atomic E-state index is 11.9. The third kappa shape index (κ3) is 3.00. The normalized spacial score (nSPS) is 20.0.